The van der Waals surface area contributed by atoms with Gasteiger partial charge in [-0.1, -0.05) is 24.6 Å². The topological polar surface area (TPSA) is 69.6 Å². The smallest absolute Gasteiger partial charge is 0.210 e. The van der Waals surface area contributed by atoms with Crippen molar-refractivity contribution in [3.05, 3.63) is 21.9 Å². The Bertz CT molecular complexity index is 586. The van der Waals surface area contributed by atoms with E-state index in [1.807, 2.05) is 4.68 Å². The maximum Gasteiger partial charge on any atom is 0.210 e. The van der Waals surface area contributed by atoms with Crippen LogP contribution in [0.25, 0.3) is 0 Å². The Hall–Kier alpha value is -0.920. The van der Waals surface area contributed by atoms with Crippen LogP contribution in [0.5, 0.6) is 0 Å². The van der Waals surface area contributed by atoms with Crippen LogP contribution in [0.4, 0.5) is 0 Å². The molecule has 0 aliphatic heterocycles. The molecule has 2 heterocycles. The molecular formula is C14H21N5S2. The van der Waals surface area contributed by atoms with Crippen LogP contribution in [-0.4, -0.2) is 26.2 Å². The molecule has 2 N–H and O–H groups in total. The highest BCUT2D eigenvalue weighted by molar-refractivity contribution is 7.99. The first kappa shape index (κ1) is 15.0. The molecule has 2 aromatic heterocycles. The van der Waals surface area contributed by atoms with Crippen LogP contribution in [0.1, 0.15) is 53.7 Å². The number of aromatic nitrogens is 4. The van der Waals surface area contributed by atoms with Crippen LogP contribution in [0, 0.1) is 6.92 Å². The molecule has 7 heteroatoms. The zero-order chi connectivity index (χ0) is 14.8. The molecule has 5 nitrogen and oxygen atoms in total. The van der Waals surface area contributed by atoms with Gasteiger partial charge in [0.25, 0.3) is 0 Å². The molecule has 2 atom stereocenters. The molecule has 1 aliphatic rings. The molecule has 1 saturated carbocycles. The minimum absolute atomic E-state index is 0.0572. The maximum atomic E-state index is 6.21. The average molecular weight is 323 g/mol. The van der Waals surface area contributed by atoms with Crippen molar-refractivity contribution in [2.75, 3.05) is 0 Å². The Morgan fingerprint density at radius 2 is 2.14 bits per heavy atom. The summed E-state index contributed by atoms with van der Waals surface area (Å²) in [5.41, 5.74) is 6.21. The van der Waals surface area contributed by atoms with E-state index in [-0.39, 0.29) is 11.3 Å². The van der Waals surface area contributed by atoms with E-state index >= 15 is 0 Å². The highest BCUT2D eigenvalue weighted by Gasteiger charge is 2.26. The number of rotatable bonds is 5. The van der Waals surface area contributed by atoms with Gasteiger partial charge < -0.3 is 5.73 Å². The van der Waals surface area contributed by atoms with Crippen LogP contribution in [0.3, 0.4) is 0 Å². The van der Waals surface area contributed by atoms with Crippen molar-refractivity contribution in [1.29, 1.82) is 0 Å². The second-order valence-electron chi connectivity index (χ2n) is 5.69. The van der Waals surface area contributed by atoms with Gasteiger partial charge in [-0.2, -0.15) is 0 Å². The number of thiophene rings is 1. The van der Waals surface area contributed by atoms with Gasteiger partial charge in [-0.05, 0) is 49.2 Å². The first-order valence-corrected chi connectivity index (χ1v) is 9.11. The van der Waals surface area contributed by atoms with Gasteiger partial charge in [0, 0.05) is 15.8 Å². The number of tetrazole rings is 1. The first-order chi connectivity index (χ1) is 10.1. The SMILES string of the molecule is Cc1ccc(C(Sc2nnnn2C2CCCC2)C(C)N)s1. The predicted molar refractivity (Wildman–Crippen MR) is 86.6 cm³/mol. The Kier molecular flexibility index (Phi) is 4.61. The summed E-state index contributed by atoms with van der Waals surface area (Å²) in [6.45, 7) is 4.18. The third kappa shape index (κ3) is 3.30. The molecule has 0 aromatic carbocycles. The van der Waals surface area contributed by atoms with E-state index in [0.29, 0.717) is 6.04 Å². The van der Waals surface area contributed by atoms with E-state index < -0.39 is 0 Å². The van der Waals surface area contributed by atoms with Gasteiger partial charge in [-0.25, -0.2) is 4.68 Å². The number of hydrogen-bond donors (Lipinski definition) is 1. The van der Waals surface area contributed by atoms with Gasteiger partial charge in [-0.3, -0.25) is 0 Å². The van der Waals surface area contributed by atoms with Crippen molar-refractivity contribution < 1.29 is 0 Å². The molecular weight excluding hydrogens is 302 g/mol. The number of nitrogens with zero attached hydrogens (tertiary/aromatic N) is 4. The quantitative estimate of drug-likeness (QED) is 0.855. The van der Waals surface area contributed by atoms with Crippen LogP contribution in [0.2, 0.25) is 0 Å². The normalized spacial score (nSPS) is 19.0. The number of nitrogens with two attached hydrogens (primary N) is 1. The third-order valence-electron chi connectivity index (χ3n) is 3.88. The molecule has 2 aromatic rings. The summed E-state index contributed by atoms with van der Waals surface area (Å²) < 4.78 is 2.01. The lowest BCUT2D eigenvalue weighted by Gasteiger charge is -2.19. The summed E-state index contributed by atoms with van der Waals surface area (Å²) in [7, 11) is 0. The Labute approximate surface area is 133 Å². The number of thioether (sulfide) groups is 1. The van der Waals surface area contributed by atoms with Crippen molar-refractivity contribution in [3.63, 3.8) is 0 Å². The lowest BCUT2D eigenvalue weighted by atomic mass is 10.2. The summed E-state index contributed by atoms with van der Waals surface area (Å²) in [6.07, 6.45) is 4.91. The van der Waals surface area contributed by atoms with Crippen LogP contribution in [-0.2, 0) is 0 Å². The van der Waals surface area contributed by atoms with E-state index in [2.05, 4.69) is 41.5 Å². The molecule has 0 spiro atoms. The second-order valence-corrected chi connectivity index (χ2v) is 8.12. The van der Waals surface area contributed by atoms with Crippen molar-refractivity contribution in [2.24, 2.45) is 5.73 Å². The summed E-state index contributed by atoms with van der Waals surface area (Å²) in [5, 5.41) is 13.4. The monoisotopic (exact) mass is 323 g/mol. The largest absolute Gasteiger partial charge is 0.327 e. The van der Waals surface area contributed by atoms with Gasteiger partial charge >= 0.3 is 0 Å². The van der Waals surface area contributed by atoms with Gasteiger partial charge in [0.15, 0.2) is 0 Å². The molecule has 21 heavy (non-hydrogen) atoms. The van der Waals surface area contributed by atoms with Crippen LogP contribution in [0.15, 0.2) is 17.3 Å². The van der Waals surface area contributed by atoms with Gasteiger partial charge in [0.1, 0.15) is 0 Å². The summed E-state index contributed by atoms with van der Waals surface area (Å²) in [5.74, 6) is 0. The Morgan fingerprint density at radius 3 is 2.76 bits per heavy atom. The average Bonchev–Trinajstić information content (AvgIpc) is 3.16. The third-order valence-corrected chi connectivity index (χ3v) is 6.53. The summed E-state index contributed by atoms with van der Waals surface area (Å²) >= 11 is 3.50. The fourth-order valence-corrected chi connectivity index (χ4v) is 5.06. The molecule has 114 valence electrons. The van der Waals surface area contributed by atoms with E-state index in [0.717, 1.165) is 5.16 Å². The Morgan fingerprint density at radius 1 is 1.38 bits per heavy atom. The van der Waals surface area contributed by atoms with Crippen molar-refractivity contribution in [2.45, 2.75) is 62.0 Å². The van der Waals surface area contributed by atoms with Crippen molar-refractivity contribution in [1.82, 2.24) is 20.2 Å². The van der Waals surface area contributed by atoms with E-state index in [9.17, 15) is 0 Å². The van der Waals surface area contributed by atoms with Crippen molar-refractivity contribution in [3.8, 4) is 0 Å². The first-order valence-electron chi connectivity index (χ1n) is 7.41. The standard InChI is InChI=1S/C14H21N5S2/c1-9-7-8-12(20-9)13(10(2)15)21-14-16-17-18-19(14)11-5-3-4-6-11/h7-8,10-11,13H,3-6,15H2,1-2H3. The second kappa shape index (κ2) is 6.46. The lowest BCUT2D eigenvalue weighted by Crippen LogP contribution is -2.22. The van der Waals surface area contributed by atoms with Crippen molar-refractivity contribution >= 4 is 23.1 Å². The highest BCUT2D eigenvalue weighted by atomic mass is 32.2. The van der Waals surface area contributed by atoms with Crippen LogP contribution < -0.4 is 5.73 Å². The zero-order valence-electron chi connectivity index (χ0n) is 12.4. The minimum atomic E-state index is 0.0572. The summed E-state index contributed by atoms with van der Waals surface area (Å²) in [4.78, 5) is 2.61. The van der Waals surface area contributed by atoms with E-state index in [1.165, 1.54) is 35.4 Å². The molecule has 0 saturated heterocycles. The maximum absolute atomic E-state index is 6.21. The van der Waals surface area contributed by atoms with Gasteiger partial charge in [-0.15, -0.1) is 16.4 Å². The fraction of sp³-hybridized carbons (Fsp3) is 0.643. The zero-order valence-corrected chi connectivity index (χ0v) is 14.0. The van der Waals surface area contributed by atoms with Gasteiger partial charge in [0.2, 0.25) is 5.16 Å². The van der Waals surface area contributed by atoms with Crippen LogP contribution >= 0.6 is 23.1 Å². The highest BCUT2D eigenvalue weighted by Crippen LogP contribution is 2.41. The minimum Gasteiger partial charge on any atom is -0.327 e. The Balaban J connectivity index is 1.82. The molecule has 2 unspecified atom stereocenters. The molecule has 1 fully saturated rings. The lowest BCUT2D eigenvalue weighted by molar-refractivity contribution is 0.422. The molecule has 0 bridgehead atoms. The number of aryl methyl sites for hydroxylation is 1. The fourth-order valence-electron chi connectivity index (χ4n) is 2.79. The molecule has 0 radical (unpaired) electrons. The predicted octanol–water partition coefficient (Wildman–Crippen LogP) is 3.34. The van der Waals surface area contributed by atoms with Gasteiger partial charge in [0.05, 0.1) is 11.3 Å². The molecule has 3 rings (SSSR count). The van der Waals surface area contributed by atoms with E-state index in [4.69, 9.17) is 5.73 Å². The van der Waals surface area contributed by atoms with E-state index in [1.54, 1.807) is 23.1 Å². The number of hydrogen-bond acceptors (Lipinski definition) is 6. The molecule has 0 amide bonds. The molecule has 1 aliphatic carbocycles. The summed E-state index contributed by atoms with van der Waals surface area (Å²) in [6, 6.07) is 4.84.